The SMILES string of the molecule is FC(F)(F)/C(=C\CCc1cccc(Oc2ccccc2)c1)c1ccccc1. The molecular formula is C23H19F3O. The summed E-state index contributed by atoms with van der Waals surface area (Å²) >= 11 is 0. The van der Waals surface area contributed by atoms with Gasteiger partial charge in [0.1, 0.15) is 11.5 Å². The number of alkyl halides is 3. The maximum absolute atomic E-state index is 13.3. The lowest BCUT2D eigenvalue weighted by Crippen LogP contribution is -2.10. The molecule has 3 rings (SSSR count). The second-order valence-corrected chi connectivity index (χ2v) is 6.08. The summed E-state index contributed by atoms with van der Waals surface area (Å²) in [7, 11) is 0. The van der Waals surface area contributed by atoms with Crippen LogP contribution in [0.15, 0.2) is 91.0 Å². The fourth-order valence-electron chi connectivity index (χ4n) is 2.79. The molecule has 0 saturated carbocycles. The number of allylic oxidation sites excluding steroid dienone is 2. The second kappa shape index (κ2) is 8.58. The van der Waals surface area contributed by atoms with Crippen molar-refractivity contribution in [3.05, 3.63) is 102 Å². The van der Waals surface area contributed by atoms with Gasteiger partial charge in [0, 0.05) is 0 Å². The maximum Gasteiger partial charge on any atom is 0.416 e. The zero-order valence-corrected chi connectivity index (χ0v) is 14.6. The first-order valence-corrected chi connectivity index (χ1v) is 8.67. The smallest absolute Gasteiger partial charge is 0.416 e. The molecule has 3 aromatic carbocycles. The molecule has 0 fully saturated rings. The molecule has 0 radical (unpaired) electrons. The molecule has 0 heterocycles. The molecule has 0 atom stereocenters. The zero-order chi connectivity index (χ0) is 19.1. The summed E-state index contributed by atoms with van der Waals surface area (Å²) in [6, 6.07) is 24.7. The Morgan fingerprint density at radius 3 is 2.07 bits per heavy atom. The van der Waals surface area contributed by atoms with E-state index in [0.29, 0.717) is 18.6 Å². The lowest BCUT2D eigenvalue weighted by atomic mass is 10.0. The largest absolute Gasteiger partial charge is 0.457 e. The standard InChI is InChI=1S/C23H19F3O/c24-23(25,26)22(19-11-3-1-4-12-19)16-8-10-18-9-7-15-21(17-18)27-20-13-5-2-6-14-20/h1-7,9,11-17H,8,10H2/b22-16-. The Labute approximate surface area is 156 Å². The van der Waals surface area contributed by atoms with Crippen molar-refractivity contribution in [2.45, 2.75) is 19.0 Å². The van der Waals surface area contributed by atoms with Gasteiger partial charge in [-0.1, -0.05) is 66.7 Å². The highest BCUT2D eigenvalue weighted by molar-refractivity contribution is 5.69. The van der Waals surface area contributed by atoms with Gasteiger partial charge in [-0.3, -0.25) is 0 Å². The Morgan fingerprint density at radius 2 is 1.41 bits per heavy atom. The summed E-state index contributed by atoms with van der Waals surface area (Å²) in [6.45, 7) is 0. The molecule has 0 spiro atoms. The van der Waals surface area contributed by atoms with Gasteiger partial charge in [-0.15, -0.1) is 0 Å². The normalized spacial score (nSPS) is 12.0. The van der Waals surface area contributed by atoms with Crippen LogP contribution in [-0.4, -0.2) is 6.18 Å². The monoisotopic (exact) mass is 368 g/mol. The topological polar surface area (TPSA) is 9.23 Å². The van der Waals surface area contributed by atoms with E-state index >= 15 is 0 Å². The third kappa shape index (κ3) is 5.48. The summed E-state index contributed by atoms with van der Waals surface area (Å²) in [6.07, 6.45) is -2.32. The van der Waals surface area contributed by atoms with Crippen LogP contribution in [0.5, 0.6) is 11.5 Å². The Kier molecular flexibility index (Phi) is 5.97. The molecule has 0 aliphatic carbocycles. The van der Waals surface area contributed by atoms with E-state index in [1.165, 1.54) is 18.2 Å². The van der Waals surface area contributed by atoms with E-state index in [9.17, 15) is 13.2 Å². The molecule has 27 heavy (non-hydrogen) atoms. The first kappa shape index (κ1) is 18.8. The van der Waals surface area contributed by atoms with E-state index in [4.69, 9.17) is 4.74 Å². The van der Waals surface area contributed by atoms with Crippen LogP contribution < -0.4 is 4.74 Å². The average molecular weight is 368 g/mol. The van der Waals surface area contributed by atoms with Crippen molar-refractivity contribution in [1.29, 1.82) is 0 Å². The highest BCUT2D eigenvalue weighted by atomic mass is 19.4. The number of halogens is 3. The van der Waals surface area contributed by atoms with Crippen LogP contribution in [0.25, 0.3) is 5.57 Å². The molecule has 0 unspecified atom stereocenters. The van der Waals surface area contributed by atoms with Gasteiger partial charge >= 0.3 is 6.18 Å². The van der Waals surface area contributed by atoms with Gasteiger partial charge < -0.3 is 4.74 Å². The predicted octanol–water partition coefficient (Wildman–Crippen LogP) is 7.06. The van der Waals surface area contributed by atoms with Crippen LogP contribution in [0.4, 0.5) is 13.2 Å². The number of benzene rings is 3. The van der Waals surface area contributed by atoms with Crippen molar-refractivity contribution >= 4 is 5.57 Å². The molecule has 0 aliphatic heterocycles. The highest BCUT2D eigenvalue weighted by Crippen LogP contribution is 2.34. The van der Waals surface area contributed by atoms with Crippen molar-refractivity contribution < 1.29 is 17.9 Å². The molecule has 0 aromatic heterocycles. The van der Waals surface area contributed by atoms with Gasteiger partial charge in [-0.05, 0) is 48.2 Å². The lowest BCUT2D eigenvalue weighted by molar-refractivity contribution is -0.0690. The van der Waals surface area contributed by atoms with Crippen LogP contribution in [0, 0.1) is 0 Å². The highest BCUT2D eigenvalue weighted by Gasteiger charge is 2.34. The minimum Gasteiger partial charge on any atom is -0.457 e. The maximum atomic E-state index is 13.3. The van der Waals surface area contributed by atoms with Crippen molar-refractivity contribution in [3.8, 4) is 11.5 Å². The van der Waals surface area contributed by atoms with Gasteiger partial charge in [0.15, 0.2) is 0 Å². The minimum atomic E-state index is -4.38. The van der Waals surface area contributed by atoms with Crippen molar-refractivity contribution in [3.63, 3.8) is 0 Å². The van der Waals surface area contributed by atoms with E-state index in [-0.39, 0.29) is 5.56 Å². The summed E-state index contributed by atoms with van der Waals surface area (Å²) < 4.78 is 45.8. The zero-order valence-electron chi connectivity index (χ0n) is 14.6. The first-order chi connectivity index (χ1) is 13.0. The molecule has 0 bridgehead atoms. The third-order valence-corrected chi connectivity index (χ3v) is 4.05. The van der Waals surface area contributed by atoms with Crippen molar-refractivity contribution in [1.82, 2.24) is 0 Å². The average Bonchev–Trinajstić information content (AvgIpc) is 2.66. The Bertz CT molecular complexity index is 884. The number of hydrogen-bond donors (Lipinski definition) is 0. The Morgan fingerprint density at radius 1 is 0.778 bits per heavy atom. The Balaban J connectivity index is 1.70. The summed E-state index contributed by atoms with van der Waals surface area (Å²) in [5.41, 5.74) is 0.514. The van der Waals surface area contributed by atoms with E-state index in [1.54, 1.807) is 18.2 Å². The van der Waals surface area contributed by atoms with Gasteiger partial charge in [-0.2, -0.15) is 13.2 Å². The summed E-state index contributed by atoms with van der Waals surface area (Å²) in [4.78, 5) is 0. The molecule has 138 valence electrons. The van der Waals surface area contributed by atoms with E-state index in [0.717, 1.165) is 11.3 Å². The quantitative estimate of drug-likeness (QED) is 0.453. The van der Waals surface area contributed by atoms with Gasteiger partial charge in [0.2, 0.25) is 0 Å². The van der Waals surface area contributed by atoms with E-state index < -0.39 is 11.7 Å². The lowest BCUT2D eigenvalue weighted by Gasteiger charge is -2.12. The number of ether oxygens (including phenoxy) is 1. The second-order valence-electron chi connectivity index (χ2n) is 6.08. The fraction of sp³-hybridized carbons (Fsp3) is 0.130. The van der Waals surface area contributed by atoms with Crippen LogP contribution in [0.2, 0.25) is 0 Å². The van der Waals surface area contributed by atoms with Crippen molar-refractivity contribution in [2.24, 2.45) is 0 Å². The number of rotatable bonds is 6. The minimum absolute atomic E-state index is 0.186. The van der Waals surface area contributed by atoms with Crippen LogP contribution in [0.3, 0.4) is 0 Å². The summed E-state index contributed by atoms with van der Waals surface area (Å²) in [5.74, 6) is 1.39. The molecule has 0 amide bonds. The summed E-state index contributed by atoms with van der Waals surface area (Å²) in [5, 5.41) is 0. The number of hydrogen-bond acceptors (Lipinski definition) is 1. The molecule has 4 heteroatoms. The van der Waals surface area contributed by atoms with Gasteiger partial charge in [0.05, 0.1) is 5.57 Å². The number of aryl methyl sites for hydroxylation is 1. The molecule has 1 nitrogen and oxygen atoms in total. The molecule has 0 saturated heterocycles. The van der Waals surface area contributed by atoms with E-state index in [2.05, 4.69) is 0 Å². The first-order valence-electron chi connectivity index (χ1n) is 8.67. The van der Waals surface area contributed by atoms with Crippen LogP contribution in [0.1, 0.15) is 17.5 Å². The predicted molar refractivity (Wildman–Crippen MR) is 102 cm³/mol. The number of para-hydroxylation sites is 1. The molecule has 0 aliphatic rings. The molecule has 3 aromatic rings. The van der Waals surface area contributed by atoms with Gasteiger partial charge in [-0.25, -0.2) is 0 Å². The van der Waals surface area contributed by atoms with Crippen LogP contribution >= 0.6 is 0 Å². The molecule has 0 N–H and O–H groups in total. The van der Waals surface area contributed by atoms with Crippen molar-refractivity contribution in [2.75, 3.05) is 0 Å². The third-order valence-electron chi connectivity index (χ3n) is 4.05. The van der Waals surface area contributed by atoms with Gasteiger partial charge in [0.25, 0.3) is 0 Å². The Hall–Kier alpha value is -3.01. The molecular weight excluding hydrogens is 349 g/mol. The van der Waals surface area contributed by atoms with Crippen LogP contribution in [-0.2, 0) is 6.42 Å². The van der Waals surface area contributed by atoms with E-state index in [1.807, 2.05) is 54.6 Å². The fourth-order valence-corrected chi connectivity index (χ4v) is 2.79.